The summed E-state index contributed by atoms with van der Waals surface area (Å²) < 4.78 is 38.8. The second kappa shape index (κ2) is 7.13. The molecule has 1 N–H and O–H groups in total. The van der Waals surface area contributed by atoms with Crippen molar-refractivity contribution in [3.05, 3.63) is 35.4 Å². The number of rotatable bonds is 4. The van der Waals surface area contributed by atoms with E-state index in [1.54, 1.807) is 6.07 Å². The van der Waals surface area contributed by atoms with Gasteiger partial charge in [-0.3, -0.25) is 4.79 Å². The van der Waals surface area contributed by atoms with Crippen LogP contribution in [-0.4, -0.2) is 28.6 Å². The lowest BCUT2D eigenvalue weighted by Crippen LogP contribution is -2.37. The van der Waals surface area contributed by atoms with Crippen LogP contribution in [0.4, 0.5) is 13.2 Å². The molecule has 134 valence electrons. The van der Waals surface area contributed by atoms with Gasteiger partial charge in [0, 0.05) is 12.5 Å². The first-order valence-corrected chi connectivity index (χ1v) is 8.30. The van der Waals surface area contributed by atoms with Crippen LogP contribution < -0.4 is 0 Å². The molecule has 0 radical (unpaired) electrons. The van der Waals surface area contributed by atoms with Gasteiger partial charge in [-0.15, -0.1) is 0 Å². The summed E-state index contributed by atoms with van der Waals surface area (Å²) in [4.78, 5) is 14.3. The molecule has 0 bridgehead atoms. The smallest absolute Gasteiger partial charge is 0.391 e. The van der Waals surface area contributed by atoms with Crippen LogP contribution in [0.15, 0.2) is 24.3 Å². The van der Waals surface area contributed by atoms with E-state index >= 15 is 0 Å². The minimum Gasteiger partial charge on any atom is -0.391 e. The molecular formula is C18H24F3NO2. The van der Waals surface area contributed by atoms with E-state index in [4.69, 9.17) is 0 Å². The normalized spacial score (nSPS) is 24.0. The van der Waals surface area contributed by atoms with Gasteiger partial charge >= 0.3 is 6.18 Å². The van der Waals surface area contributed by atoms with Crippen molar-refractivity contribution < 1.29 is 23.1 Å². The van der Waals surface area contributed by atoms with E-state index in [0.29, 0.717) is 5.56 Å². The zero-order chi connectivity index (χ0) is 18.1. The van der Waals surface area contributed by atoms with Gasteiger partial charge in [0.15, 0.2) is 0 Å². The Morgan fingerprint density at radius 3 is 2.62 bits per heavy atom. The molecule has 1 aromatic carbocycles. The molecule has 1 aromatic rings. The Bertz CT molecular complexity index is 588. The Hall–Kier alpha value is -1.56. The number of hydrogen-bond donors (Lipinski definition) is 1. The first kappa shape index (κ1) is 18.8. The van der Waals surface area contributed by atoms with Crippen LogP contribution in [0.5, 0.6) is 0 Å². The van der Waals surface area contributed by atoms with Crippen molar-refractivity contribution in [3.8, 4) is 0 Å². The first-order chi connectivity index (χ1) is 11.1. The summed E-state index contributed by atoms with van der Waals surface area (Å²) in [5, 5.41) is 9.97. The monoisotopic (exact) mass is 343 g/mol. The first-order valence-electron chi connectivity index (χ1n) is 8.30. The number of benzene rings is 1. The van der Waals surface area contributed by atoms with Gasteiger partial charge in [-0.05, 0) is 30.0 Å². The zero-order valence-electron chi connectivity index (χ0n) is 14.2. The van der Waals surface area contributed by atoms with Crippen LogP contribution >= 0.6 is 0 Å². The third-order valence-corrected chi connectivity index (χ3v) is 5.05. The summed E-state index contributed by atoms with van der Waals surface area (Å²) in [6, 6.07) is 4.52. The van der Waals surface area contributed by atoms with Crippen LogP contribution in [0.3, 0.4) is 0 Å². The highest BCUT2D eigenvalue weighted by Crippen LogP contribution is 2.37. The second-order valence-corrected chi connectivity index (χ2v) is 6.69. The van der Waals surface area contributed by atoms with Crippen LogP contribution in [0.1, 0.15) is 50.8 Å². The summed E-state index contributed by atoms with van der Waals surface area (Å²) in [5.74, 6) is -0.158. The molecule has 1 amide bonds. The lowest BCUT2D eigenvalue weighted by Gasteiger charge is -2.30. The van der Waals surface area contributed by atoms with Crippen LogP contribution in [-0.2, 0) is 11.0 Å². The molecule has 24 heavy (non-hydrogen) atoms. The van der Waals surface area contributed by atoms with Crippen LogP contribution in [0.2, 0.25) is 0 Å². The van der Waals surface area contributed by atoms with Gasteiger partial charge in [-0.2, -0.15) is 13.2 Å². The number of amides is 1. The molecule has 0 aliphatic carbocycles. The van der Waals surface area contributed by atoms with Gasteiger partial charge in [0.05, 0.1) is 17.7 Å². The summed E-state index contributed by atoms with van der Waals surface area (Å²) in [6.07, 6.45) is -4.03. The fourth-order valence-corrected chi connectivity index (χ4v) is 3.15. The Balaban J connectivity index is 2.29. The molecule has 1 aliphatic heterocycles. The summed E-state index contributed by atoms with van der Waals surface area (Å²) >= 11 is 0. The maximum atomic E-state index is 12.9. The van der Waals surface area contributed by atoms with Crippen LogP contribution in [0, 0.1) is 11.8 Å². The highest BCUT2D eigenvalue weighted by Gasteiger charge is 2.39. The largest absolute Gasteiger partial charge is 0.416 e. The Kier molecular flexibility index (Phi) is 5.58. The molecule has 1 aliphatic rings. The molecule has 0 spiro atoms. The quantitative estimate of drug-likeness (QED) is 0.897. The van der Waals surface area contributed by atoms with E-state index in [1.165, 1.54) is 11.0 Å². The van der Waals surface area contributed by atoms with Gasteiger partial charge in [0.1, 0.15) is 0 Å². The molecule has 3 nitrogen and oxygen atoms in total. The second-order valence-electron chi connectivity index (χ2n) is 6.69. The highest BCUT2D eigenvalue weighted by atomic mass is 19.4. The van der Waals surface area contributed by atoms with Crippen molar-refractivity contribution in [2.24, 2.45) is 11.8 Å². The van der Waals surface area contributed by atoms with Gasteiger partial charge in [0.2, 0.25) is 5.91 Å². The van der Waals surface area contributed by atoms with Crippen molar-refractivity contribution in [1.82, 2.24) is 4.90 Å². The summed E-state index contributed by atoms with van der Waals surface area (Å²) in [7, 11) is 0. The topological polar surface area (TPSA) is 40.5 Å². The molecule has 6 heteroatoms. The number of aliphatic hydroxyl groups excluding tert-OH is 1. The molecule has 2 rings (SSSR count). The predicted octanol–water partition coefficient (Wildman–Crippen LogP) is 4.02. The van der Waals surface area contributed by atoms with E-state index in [0.717, 1.165) is 18.6 Å². The molecule has 1 heterocycles. The molecule has 4 unspecified atom stereocenters. The summed E-state index contributed by atoms with van der Waals surface area (Å²) in [5.41, 5.74) is -0.310. The van der Waals surface area contributed by atoms with E-state index in [2.05, 4.69) is 0 Å². The van der Waals surface area contributed by atoms with Gasteiger partial charge in [-0.1, -0.05) is 39.3 Å². The van der Waals surface area contributed by atoms with Crippen molar-refractivity contribution >= 4 is 5.91 Å². The number of aliphatic hydroxyl groups is 1. The number of carbonyl (C=O) groups excluding carboxylic acids is 1. The van der Waals surface area contributed by atoms with Gasteiger partial charge in [0.25, 0.3) is 0 Å². The Morgan fingerprint density at radius 1 is 1.38 bits per heavy atom. The lowest BCUT2D eigenvalue weighted by molar-refractivity contribution is -0.137. The average Bonchev–Trinajstić information content (AvgIpc) is 2.93. The molecule has 0 aromatic heterocycles. The molecule has 1 saturated heterocycles. The van der Waals surface area contributed by atoms with E-state index < -0.39 is 23.9 Å². The molecule has 0 saturated carbocycles. The molecular weight excluding hydrogens is 319 g/mol. The number of β-amino-alcohol motifs (C(OH)–C–C–N with tert-alkyl or cyclic N) is 1. The minimum absolute atomic E-state index is 0.108. The predicted molar refractivity (Wildman–Crippen MR) is 85.1 cm³/mol. The van der Waals surface area contributed by atoms with Crippen molar-refractivity contribution in [3.63, 3.8) is 0 Å². The van der Waals surface area contributed by atoms with E-state index in [9.17, 15) is 23.1 Å². The fourth-order valence-electron chi connectivity index (χ4n) is 3.15. The van der Waals surface area contributed by atoms with Gasteiger partial charge < -0.3 is 10.0 Å². The van der Waals surface area contributed by atoms with Crippen molar-refractivity contribution in [2.45, 2.75) is 51.9 Å². The van der Waals surface area contributed by atoms with Crippen LogP contribution in [0.25, 0.3) is 0 Å². The van der Waals surface area contributed by atoms with Crippen molar-refractivity contribution in [2.75, 3.05) is 6.54 Å². The highest BCUT2D eigenvalue weighted by molar-refractivity contribution is 5.79. The average molecular weight is 343 g/mol. The molecule has 1 fully saturated rings. The summed E-state index contributed by atoms with van der Waals surface area (Å²) in [6.45, 7) is 5.98. The Labute approximate surface area is 140 Å². The number of likely N-dealkylation sites (tertiary alicyclic amines) is 1. The third-order valence-electron chi connectivity index (χ3n) is 5.05. The molecule has 4 atom stereocenters. The van der Waals surface area contributed by atoms with Crippen molar-refractivity contribution in [1.29, 1.82) is 0 Å². The minimum atomic E-state index is -4.42. The van der Waals surface area contributed by atoms with Gasteiger partial charge in [-0.25, -0.2) is 0 Å². The maximum Gasteiger partial charge on any atom is 0.416 e. The van der Waals surface area contributed by atoms with E-state index in [1.807, 2.05) is 20.8 Å². The SMILES string of the molecule is CCC(C)C(C)C(=O)N1CC(O)CC1c1cccc(C(F)(F)F)c1. The number of nitrogens with zero attached hydrogens (tertiary/aromatic N) is 1. The number of alkyl halides is 3. The number of halogens is 3. The third kappa shape index (κ3) is 3.91. The standard InChI is InChI=1S/C18H24F3NO2/c1-4-11(2)12(3)17(24)22-10-15(23)9-16(22)13-6-5-7-14(8-13)18(19,20)21/h5-8,11-12,15-16,23H,4,9-10H2,1-3H3. The van der Waals surface area contributed by atoms with E-state index in [-0.39, 0.29) is 30.7 Å². The fraction of sp³-hybridized carbons (Fsp3) is 0.611. The maximum absolute atomic E-state index is 12.9. The lowest BCUT2D eigenvalue weighted by atomic mass is 9.91. The Morgan fingerprint density at radius 2 is 2.04 bits per heavy atom. The number of hydrogen-bond acceptors (Lipinski definition) is 2. The number of carbonyl (C=O) groups is 1. The zero-order valence-corrected chi connectivity index (χ0v) is 14.2.